The van der Waals surface area contributed by atoms with Gasteiger partial charge in [-0.2, -0.15) is 10.5 Å². The predicted octanol–water partition coefficient (Wildman–Crippen LogP) is 1.98. The van der Waals surface area contributed by atoms with Gasteiger partial charge in [-0.1, -0.05) is 23.7 Å². The highest BCUT2D eigenvalue weighted by Crippen LogP contribution is 2.08. The summed E-state index contributed by atoms with van der Waals surface area (Å²) in [6, 6.07) is 10.3. The maximum absolute atomic E-state index is 8.68. The van der Waals surface area contributed by atoms with E-state index in [2.05, 4.69) is 4.99 Å². The van der Waals surface area contributed by atoms with Crippen LogP contribution >= 0.6 is 11.6 Å². The monoisotopic (exact) mass is 230 g/mol. The average Bonchev–Trinajstić information content (AvgIpc) is 2.31. The lowest BCUT2D eigenvalue weighted by Gasteiger charge is -1.93. The normalized spacial score (nSPS) is 11.7. The molecule has 0 fully saturated rings. The minimum atomic E-state index is -0.201. The molecule has 16 heavy (non-hydrogen) atoms. The summed E-state index contributed by atoms with van der Waals surface area (Å²) in [5.74, 6) is 0. The minimum absolute atomic E-state index is 0.0996. The van der Waals surface area contributed by atoms with Crippen molar-refractivity contribution in [3.8, 4) is 12.1 Å². The van der Waals surface area contributed by atoms with Gasteiger partial charge in [0.2, 0.25) is 0 Å². The molecule has 0 saturated heterocycles. The first-order chi connectivity index (χ1) is 7.67. The fourth-order valence-corrected chi connectivity index (χ4v) is 1.03. The molecule has 1 aromatic carbocycles. The summed E-state index contributed by atoms with van der Waals surface area (Å²) in [6.45, 7) is 0. The summed E-state index contributed by atoms with van der Waals surface area (Å²) in [5.41, 5.74) is 5.74. The van der Waals surface area contributed by atoms with E-state index in [4.69, 9.17) is 27.9 Å². The molecule has 2 N–H and O–H groups in total. The fourth-order valence-electron chi connectivity index (χ4n) is 0.900. The van der Waals surface area contributed by atoms with Gasteiger partial charge in [-0.15, -0.1) is 0 Å². The van der Waals surface area contributed by atoms with E-state index >= 15 is 0 Å². The molecule has 0 spiro atoms. The molecular weight excluding hydrogens is 224 g/mol. The second kappa shape index (κ2) is 5.55. The van der Waals surface area contributed by atoms with Gasteiger partial charge in [0.25, 0.3) is 0 Å². The zero-order valence-corrected chi connectivity index (χ0v) is 8.94. The lowest BCUT2D eigenvalue weighted by atomic mass is 10.2. The van der Waals surface area contributed by atoms with Gasteiger partial charge < -0.3 is 5.73 Å². The third-order valence-corrected chi connectivity index (χ3v) is 1.95. The van der Waals surface area contributed by atoms with Crippen molar-refractivity contribution in [2.45, 2.75) is 0 Å². The van der Waals surface area contributed by atoms with Gasteiger partial charge in [-0.25, -0.2) is 4.99 Å². The number of allylic oxidation sites excluding steroid dienone is 2. The molecule has 0 saturated carbocycles. The third-order valence-electron chi connectivity index (χ3n) is 1.69. The molecule has 0 unspecified atom stereocenters. The smallest absolute Gasteiger partial charge is 0.174 e. The Balaban J connectivity index is 2.94. The molecule has 0 radical (unpaired) electrons. The number of aliphatic imine (C=N–C) groups is 1. The van der Waals surface area contributed by atoms with E-state index in [9.17, 15) is 0 Å². The van der Waals surface area contributed by atoms with Crippen molar-refractivity contribution in [1.29, 1.82) is 10.5 Å². The van der Waals surface area contributed by atoms with Crippen molar-refractivity contribution >= 4 is 17.8 Å². The van der Waals surface area contributed by atoms with Gasteiger partial charge in [0, 0.05) is 11.2 Å². The van der Waals surface area contributed by atoms with E-state index in [-0.39, 0.29) is 11.4 Å². The third kappa shape index (κ3) is 3.13. The first kappa shape index (κ1) is 11.8. The fraction of sp³-hybridized carbons (Fsp3) is 0. The van der Waals surface area contributed by atoms with E-state index in [1.54, 1.807) is 36.4 Å². The Morgan fingerprint density at radius 1 is 1.25 bits per heavy atom. The van der Waals surface area contributed by atoms with Crippen LogP contribution in [0.2, 0.25) is 5.02 Å². The molecule has 4 nitrogen and oxygen atoms in total. The average molecular weight is 231 g/mol. The highest BCUT2D eigenvalue weighted by atomic mass is 35.5. The van der Waals surface area contributed by atoms with Crippen LogP contribution in [-0.4, -0.2) is 6.21 Å². The molecule has 1 aromatic rings. The zero-order valence-electron chi connectivity index (χ0n) is 8.18. The largest absolute Gasteiger partial charge is 0.388 e. The number of benzene rings is 1. The van der Waals surface area contributed by atoms with Crippen molar-refractivity contribution < 1.29 is 0 Å². The van der Waals surface area contributed by atoms with E-state index in [0.717, 1.165) is 5.56 Å². The van der Waals surface area contributed by atoms with Gasteiger partial charge in [0.15, 0.2) is 5.70 Å². The van der Waals surface area contributed by atoms with Gasteiger partial charge in [-0.3, -0.25) is 0 Å². The summed E-state index contributed by atoms with van der Waals surface area (Å²) < 4.78 is 0. The molecule has 0 heterocycles. The number of halogens is 1. The van der Waals surface area contributed by atoms with Crippen molar-refractivity contribution in [1.82, 2.24) is 0 Å². The Morgan fingerprint density at radius 3 is 2.38 bits per heavy atom. The van der Waals surface area contributed by atoms with Crippen LogP contribution in [0.25, 0.3) is 0 Å². The second-order valence-corrected chi connectivity index (χ2v) is 3.23. The van der Waals surface area contributed by atoms with Crippen LogP contribution in [0.5, 0.6) is 0 Å². The number of hydrogen-bond donors (Lipinski definition) is 1. The summed E-state index contributed by atoms with van der Waals surface area (Å²) >= 11 is 5.71. The molecule has 0 aliphatic rings. The molecule has 78 valence electrons. The van der Waals surface area contributed by atoms with Gasteiger partial charge in [-0.05, 0) is 17.7 Å². The Labute approximate surface area is 97.9 Å². The Kier molecular flexibility index (Phi) is 4.08. The number of rotatable bonds is 2. The van der Waals surface area contributed by atoms with Gasteiger partial charge in [0.05, 0.1) is 0 Å². The number of nitrogens with zero attached hydrogens (tertiary/aromatic N) is 3. The summed E-state index contributed by atoms with van der Waals surface area (Å²) in [7, 11) is 0. The van der Waals surface area contributed by atoms with E-state index in [1.165, 1.54) is 6.21 Å². The molecular formula is C11H7ClN4. The topological polar surface area (TPSA) is 86.0 Å². The van der Waals surface area contributed by atoms with Crippen LogP contribution in [0, 0.1) is 22.7 Å². The number of nitriles is 2. The maximum atomic E-state index is 8.68. The number of nitrogens with two attached hydrogens (primary N) is 1. The minimum Gasteiger partial charge on any atom is -0.388 e. The first-order valence-corrected chi connectivity index (χ1v) is 4.64. The molecule has 0 aromatic heterocycles. The van der Waals surface area contributed by atoms with E-state index in [0.29, 0.717) is 5.02 Å². The highest BCUT2D eigenvalue weighted by Gasteiger charge is 1.98. The van der Waals surface area contributed by atoms with Crippen molar-refractivity contribution in [3.05, 3.63) is 46.2 Å². The first-order valence-electron chi connectivity index (χ1n) is 4.27. The number of hydrogen-bond acceptors (Lipinski definition) is 4. The SMILES string of the molecule is N#C/C(N)=C(C#N)\N=C\c1ccc(Cl)cc1. The van der Waals surface area contributed by atoms with Crippen LogP contribution in [0.4, 0.5) is 0 Å². The standard InChI is InChI=1S/C11H7ClN4/c12-9-3-1-8(2-4-9)7-16-11(6-14)10(15)5-13/h1-4,7H,15H2/b11-10+,16-7+. The zero-order chi connectivity index (χ0) is 12.0. The molecule has 0 aliphatic heterocycles. The van der Waals surface area contributed by atoms with Crippen LogP contribution in [0.3, 0.4) is 0 Å². The molecule has 0 atom stereocenters. The van der Waals surface area contributed by atoms with Gasteiger partial charge in [0.1, 0.15) is 17.8 Å². The van der Waals surface area contributed by atoms with Crippen molar-refractivity contribution in [2.24, 2.45) is 10.7 Å². The Morgan fingerprint density at radius 2 is 1.88 bits per heavy atom. The predicted molar refractivity (Wildman–Crippen MR) is 61.5 cm³/mol. The van der Waals surface area contributed by atoms with Crippen LogP contribution < -0.4 is 5.73 Å². The molecule has 0 amide bonds. The second-order valence-electron chi connectivity index (χ2n) is 2.80. The summed E-state index contributed by atoms with van der Waals surface area (Å²) in [6.07, 6.45) is 1.44. The quantitative estimate of drug-likeness (QED) is 0.623. The van der Waals surface area contributed by atoms with E-state index in [1.807, 2.05) is 0 Å². The molecule has 1 rings (SSSR count). The van der Waals surface area contributed by atoms with Crippen LogP contribution in [0.15, 0.2) is 40.7 Å². The van der Waals surface area contributed by atoms with Crippen molar-refractivity contribution in [3.63, 3.8) is 0 Å². The van der Waals surface area contributed by atoms with Crippen LogP contribution in [0.1, 0.15) is 5.56 Å². The highest BCUT2D eigenvalue weighted by molar-refractivity contribution is 6.30. The molecule has 5 heteroatoms. The molecule has 0 aliphatic carbocycles. The summed E-state index contributed by atoms with van der Waals surface area (Å²) in [4.78, 5) is 3.82. The van der Waals surface area contributed by atoms with Gasteiger partial charge >= 0.3 is 0 Å². The Hall–Kier alpha value is -2.30. The van der Waals surface area contributed by atoms with Crippen molar-refractivity contribution in [2.75, 3.05) is 0 Å². The lowest BCUT2D eigenvalue weighted by molar-refractivity contribution is 1.27. The molecule has 0 bridgehead atoms. The van der Waals surface area contributed by atoms with Crippen LogP contribution in [-0.2, 0) is 0 Å². The lowest BCUT2D eigenvalue weighted by Crippen LogP contribution is -1.97. The Bertz CT molecular complexity index is 514. The summed E-state index contributed by atoms with van der Waals surface area (Å²) in [5, 5.41) is 17.8. The van der Waals surface area contributed by atoms with E-state index < -0.39 is 0 Å². The maximum Gasteiger partial charge on any atom is 0.174 e.